The number of carboxylic acids is 2. The number of nitrogens with zero attached hydrogens (tertiary/aromatic N) is 6. The summed E-state index contributed by atoms with van der Waals surface area (Å²) < 4.78 is 86.3. The van der Waals surface area contributed by atoms with E-state index in [4.69, 9.17) is 9.97 Å². The fraction of sp³-hybridized carbons (Fsp3) is 0.273. The number of anilines is 8. The monoisotopic (exact) mass is 1220 g/mol. The number of aliphatic hydroxyl groups excluding tert-OH is 4. The van der Waals surface area contributed by atoms with Crippen LogP contribution in [0.3, 0.4) is 0 Å². The Morgan fingerprint density at radius 1 is 0.494 bits per heavy atom. The molecule has 0 bridgehead atoms. The predicted octanol–water partition coefficient (Wildman–Crippen LogP) is 10.3. The molecule has 6 aromatic carbocycles. The summed E-state index contributed by atoms with van der Waals surface area (Å²) in [6, 6.07) is 29.2. The molecule has 0 aliphatic heterocycles. The summed E-state index contributed by atoms with van der Waals surface area (Å²) in [5.41, 5.74) is 7.79. The van der Waals surface area contributed by atoms with Crippen LogP contribution >= 0.6 is 0 Å². The Hall–Kier alpha value is -7.56. The molecule has 2 fully saturated rings. The van der Waals surface area contributed by atoms with Gasteiger partial charge in [-0.3, -0.25) is 9.97 Å². The van der Waals surface area contributed by atoms with Gasteiger partial charge in [0.05, 0.1) is 69.6 Å². The Morgan fingerprint density at radius 3 is 1.06 bits per heavy atom. The first-order chi connectivity index (χ1) is 41.0. The van der Waals surface area contributed by atoms with Gasteiger partial charge in [0.25, 0.3) is 0 Å². The molecule has 14 nitrogen and oxygen atoms in total. The number of pyridine rings is 2. The maximum atomic E-state index is 15.8. The number of carbonyl (C=O) groups excluding carboxylic acids is 2. The van der Waals surface area contributed by atoms with Crippen LogP contribution in [0.25, 0.3) is 34.0 Å². The third-order valence-corrected chi connectivity index (χ3v) is 15.2. The smallest absolute Gasteiger partial charge is 0.550 e. The van der Waals surface area contributed by atoms with Crippen molar-refractivity contribution in [3.8, 4) is 0 Å². The number of hydrogen-bond donors (Lipinski definition) is 4. The summed E-state index contributed by atoms with van der Waals surface area (Å²) in [7, 11) is 6.90. The van der Waals surface area contributed by atoms with Crippen LogP contribution in [0.15, 0.2) is 133 Å². The average Bonchev–Trinajstić information content (AvgIpc) is 1.85. The van der Waals surface area contributed by atoms with Crippen molar-refractivity contribution in [2.75, 3.05) is 47.8 Å². The van der Waals surface area contributed by atoms with Gasteiger partial charge in [0, 0.05) is 122 Å². The Bertz CT molecular complexity index is 3570. The molecule has 0 saturated heterocycles. The van der Waals surface area contributed by atoms with E-state index >= 15 is 8.78 Å². The summed E-state index contributed by atoms with van der Waals surface area (Å²) in [5, 5.41) is 63.7. The van der Waals surface area contributed by atoms with Crippen LogP contribution in [0.4, 0.5) is 71.8 Å². The van der Waals surface area contributed by atoms with E-state index in [0.717, 1.165) is 37.1 Å². The molecule has 10 rings (SSSR count). The molecule has 2 aliphatic rings. The molecule has 4 atom stereocenters. The number of aliphatic carboxylic acids is 2. The van der Waals surface area contributed by atoms with Crippen LogP contribution in [0, 0.1) is 34.9 Å². The van der Waals surface area contributed by atoms with Gasteiger partial charge in [-0.2, -0.15) is 0 Å². The van der Waals surface area contributed by atoms with Crippen LogP contribution < -0.4 is 29.8 Å². The number of carboxylic acid groups (broad SMARTS) is 2. The largest absolute Gasteiger partial charge is 2.00 e. The first kappa shape index (κ1) is 65.4. The molecule has 21 heteroatoms. The zero-order valence-corrected chi connectivity index (χ0v) is 50.3. The summed E-state index contributed by atoms with van der Waals surface area (Å²) in [5.74, 6) is -5.33. The minimum absolute atomic E-state index is 0. The van der Waals surface area contributed by atoms with Crippen LogP contribution in [0.2, 0.25) is 0 Å². The van der Waals surface area contributed by atoms with Gasteiger partial charge in [0.1, 0.15) is 34.9 Å². The van der Waals surface area contributed by atoms with E-state index in [1.165, 1.54) is 72.8 Å². The van der Waals surface area contributed by atoms with Crippen molar-refractivity contribution in [3.63, 3.8) is 0 Å². The third kappa shape index (κ3) is 16.2. The van der Waals surface area contributed by atoms with E-state index in [1.807, 2.05) is 0 Å². The SMILES string of the molecule is CN(c1ccc(F)cc1)c1cc2nc(C3CC3)c(/C=C/[C@@H](O)C[C@@H](O)CC(=O)[O-])c(N(C)c3ccc(F)cc3)c2cc1F.CN(c1ccc(F)cc1)c1cc2nc(C3CC3)c(/C=C/[C@@H](O)C[C@@H](O)CC(=O)[O-])c(N(C)c3ccc(F)cc3)c2cc1F.[Ca+2]. The van der Waals surface area contributed by atoms with Crippen molar-refractivity contribution in [3.05, 3.63) is 191 Å². The topological polar surface area (TPSA) is 200 Å². The second-order valence-electron chi connectivity index (χ2n) is 21.6. The molecule has 0 spiro atoms. The Morgan fingerprint density at radius 2 is 0.782 bits per heavy atom. The number of aromatic nitrogens is 2. The fourth-order valence-electron chi connectivity index (χ4n) is 10.4. The van der Waals surface area contributed by atoms with Gasteiger partial charge in [-0.05, 0) is 147 Å². The molecule has 87 heavy (non-hydrogen) atoms. The molecule has 2 aliphatic carbocycles. The second kappa shape index (κ2) is 28.5. The van der Waals surface area contributed by atoms with Crippen molar-refractivity contribution in [1.82, 2.24) is 9.97 Å². The first-order valence-electron chi connectivity index (χ1n) is 27.8. The number of carbonyl (C=O) groups is 2. The zero-order valence-electron chi connectivity index (χ0n) is 48.1. The molecule has 2 heterocycles. The molecule has 2 aromatic heterocycles. The quantitative estimate of drug-likeness (QED) is 0.0369. The summed E-state index contributed by atoms with van der Waals surface area (Å²) in [4.78, 5) is 38.4. The van der Waals surface area contributed by atoms with Crippen molar-refractivity contribution < 1.29 is 66.6 Å². The van der Waals surface area contributed by atoms with Crippen molar-refractivity contribution in [2.45, 2.75) is 87.6 Å². The number of hydrogen-bond acceptors (Lipinski definition) is 14. The van der Waals surface area contributed by atoms with E-state index in [1.54, 1.807) is 121 Å². The zero-order chi connectivity index (χ0) is 61.7. The van der Waals surface area contributed by atoms with E-state index in [2.05, 4.69) is 0 Å². The van der Waals surface area contributed by atoms with E-state index < -0.39 is 84.1 Å². The van der Waals surface area contributed by atoms with Crippen LogP contribution in [0.5, 0.6) is 0 Å². The first-order valence-corrected chi connectivity index (χ1v) is 27.8. The number of halogens is 6. The van der Waals surface area contributed by atoms with Gasteiger partial charge in [-0.1, -0.05) is 24.3 Å². The Labute approximate surface area is 528 Å². The van der Waals surface area contributed by atoms with Gasteiger partial charge >= 0.3 is 37.7 Å². The molecule has 0 radical (unpaired) electrons. The summed E-state index contributed by atoms with van der Waals surface area (Å²) >= 11 is 0. The van der Waals surface area contributed by atoms with Crippen LogP contribution in [-0.4, -0.2) is 133 Å². The number of aliphatic hydroxyl groups is 4. The number of fused-ring (bicyclic) bond motifs is 2. The molecule has 0 amide bonds. The Kier molecular flexibility index (Phi) is 21.4. The van der Waals surface area contributed by atoms with Crippen LogP contribution in [0.1, 0.15) is 85.7 Å². The van der Waals surface area contributed by atoms with Gasteiger partial charge in [0.2, 0.25) is 0 Å². The average molecular weight is 1220 g/mol. The standard InChI is InChI=1S/2C33H32F3N3O4.Ca/c2*1-38(22-9-5-20(34)6-10-22)30-18-29-27(17-28(30)36)33(39(2)23-11-7-21(35)8-12-23)26(32(37-29)19-3-4-19)14-13-24(40)15-25(41)16-31(42)43;/h2*5-14,17-19,24-25,40-41H,3-4,15-16H2,1-2H3,(H,42,43);/q;;+2/p-2/b2*14-13+;/t2*24-,25-;/m11./s1. The number of rotatable bonds is 22. The number of benzene rings is 6. The minimum atomic E-state index is -1.42. The van der Waals surface area contributed by atoms with E-state index in [9.17, 15) is 57.8 Å². The minimum Gasteiger partial charge on any atom is -0.550 e. The predicted molar refractivity (Wildman–Crippen MR) is 322 cm³/mol. The second-order valence-corrected chi connectivity index (χ2v) is 21.6. The third-order valence-electron chi connectivity index (χ3n) is 15.2. The maximum absolute atomic E-state index is 15.8. The summed E-state index contributed by atoms with van der Waals surface area (Å²) in [6.45, 7) is 0. The molecule has 2 saturated carbocycles. The van der Waals surface area contributed by atoms with Crippen molar-refractivity contribution in [2.24, 2.45) is 0 Å². The molecule has 448 valence electrons. The van der Waals surface area contributed by atoms with Gasteiger partial charge in [-0.25, -0.2) is 26.3 Å². The van der Waals surface area contributed by atoms with E-state index in [-0.39, 0.29) is 73.8 Å². The molecule has 4 N–H and O–H groups in total. The van der Waals surface area contributed by atoms with Gasteiger partial charge < -0.3 is 59.8 Å². The molecule has 0 unspecified atom stereocenters. The van der Waals surface area contributed by atoms with Gasteiger partial charge in [0.15, 0.2) is 0 Å². The van der Waals surface area contributed by atoms with Crippen molar-refractivity contribution >= 4 is 129 Å². The normalized spacial score (nSPS) is 14.5. The molecular formula is C66H62CaF6N6O8. The maximum Gasteiger partial charge on any atom is 2.00 e. The molecule has 8 aromatic rings. The van der Waals surface area contributed by atoms with E-state index in [0.29, 0.717) is 67.1 Å². The van der Waals surface area contributed by atoms with Crippen molar-refractivity contribution in [1.29, 1.82) is 0 Å². The fourth-order valence-corrected chi connectivity index (χ4v) is 10.4. The van der Waals surface area contributed by atoms with Crippen LogP contribution in [-0.2, 0) is 9.59 Å². The molecular weight excluding hydrogens is 1160 g/mol. The van der Waals surface area contributed by atoms with Gasteiger partial charge in [-0.15, -0.1) is 0 Å². The Balaban J connectivity index is 0.000000223. The summed E-state index contributed by atoms with van der Waals surface area (Å²) in [6.07, 6.45) is 3.13.